The van der Waals surface area contributed by atoms with Crippen LogP contribution in [0.2, 0.25) is 0 Å². The highest BCUT2D eigenvalue weighted by molar-refractivity contribution is 6.01. The number of primary amides is 2. The maximum Gasteiger partial charge on any atom is 0.279 e. The van der Waals surface area contributed by atoms with Gasteiger partial charge >= 0.3 is 0 Å². The van der Waals surface area contributed by atoms with Crippen LogP contribution in [-0.4, -0.2) is 74.2 Å². The number of aromatic amines is 1. The molecule has 7 heterocycles. The molecule has 0 radical (unpaired) electrons. The van der Waals surface area contributed by atoms with Gasteiger partial charge in [0.15, 0.2) is 11.3 Å². The van der Waals surface area contributed by atoms with Gasteiger partial charge in [0, 0.05) is 54.6 Å². The monoisotopic (exact) mass is 766 g/mol. The molecule has 0 bridgehead atoms. The molecule has 18 nitrogen and oxygen atoms in total. The second-order valence-corrected chi connectivity index (χ2v) is 14.0. The van der Waals surface area contributed by atoms with Crippen LogP contribution in [0.5, 0.6) is 0 Å². The summed E-state index contributed by atoms with van der Waals surface area (Å²) >= 11 is 0. The molecule has 0 spiro atoms. The van der Waals surface area contributed by atoms with Gasteiger partial charge in [-0.25, -0.2) is 15.0 Å². The number of hydrogen-bond acceptors (Lipinski definition) is 12. The highest BCUT2D eigenvalue weighted by Gasteiger charge is 2.21. The number of pyridine rings is 2. The average molecular weight is 767 g/mol. The molecule has 0 unspecified atom stereocenters. The van der Waals surface area contributed by atoms with E-state index >= 15 is 0 Å². The Morgan fingerprint density at radius 2 is 1.63 bits per heavy atom. The van der Waals surface area contributed by atoms with Gasteiger partial charge in [0.05, 0.1) is 23.8 Å². The van der Waals surface area contributed by atoms with Crippen molar-refractivity contribution in [2.24, 2.45) is 11.5 Å². The van der Waals surface area contributed by atoms with Crippen LogP contribution in [-0.2, 0) is 12.0 Å². The van der Waals surface area contributed by atoms with Crippen LogP contribution >= 0.6 is 0 Å². The van der Waals surface area contributed by atoms with Crippen LogP contribution in [0, 0.1) is 6.92 Å². The Balaban J connectivity index is 1.09. The van der Waals surface area contributed by atoms with E-state index in [1.165, 1.54) is 26.0 Å². The van der Waals surface area contributed by atoms with E-state index in [1.807, 2.05) is 19.2 Å². The number of amides is 2. The number of H-pyrrole nitrogens is 1. The van der Waals surface area contributed by atoms with E-state index in [1.54, 1.807) is 63.5 Å². The summed E-state index contributed by atoms with van der Waals surface area (Å²) < 4.78 is 4.38. The number of rotatable bonds is 12. The first-order valence-electron chi connectivity index (χ1n) is 17.9. The van der Waals surface area contributed by atoms with E-state index in [0.717, 1.165) is 27.6 Å². The lowest BCUT2D eigenvalue weighted by Gasteiger charge is -2.17. The first-order valence-corrected chi connectivity index (χ1v) is 17.9. The van der Waals surface area contributed by atoms with Crippen molar-refractivity contribution in [3.8, 4) is 17.1 Å². The van der Waals surface area contributed by atoms with Crippen molar-refractivity contribution in [2.45, 2.75) is 32.8 Å². The molecule has 2 amide bonds. The van der Waals surface area contributed by atoms with Gasteiger partial charge in [-0.2, -0.15) is 19.2 Å². The Labute approximate surface area is 323 Å². The standard InChI is InChI=1S/C39H38N14O4/c1-20-13-21(14-22-23(17-44-33(20)22)27-15-31(42-4)52-36(48-27)24(18-45-52)34(40)54)10-11-43-32-16-29(50-37-25(35(41)55)19-46-53(32)37)47-26-7-6-12-51(38(26)56)30-9-5-8-28(49-30)39(2,3)57/h5-9,12-19,42-44,57H,10-11H2,1-4H3,(H2,40,54)(H2,41,55)(H,47,50). The van der Waals surface area contributed by atoms with Gasteiger partial charge in [0.2, 0.25) is 0 Å². The molecule has 1 aromatic carbocycles. The van der Waals surface area contributed by atoms with Crippen molar-refractivity contribution < 1.29 is 14.7 Å². The number of anilines is 4. The van der Waals surface area contributed by atoms with Crippen molar-refractivity contribution >= 4 is 57.2 Å². The number of aromatic nitrogens is 9. The number of carbonyl (C=O) groups excluding carboxylic acids is 2. The molecule has 57 heavy (non-hydrogen) atoms. The Hall–Kier alpha value is -7.60. The topological polar surface area (TPSA) is 254 Å². The molecule has 0 aliphatic carbocycles. The van der Waals surface area contributed by atoms with Crippen LogP contribution in [0.3, 0.4) is 0 Å². The summed E-state index contributed by atoms with van der Waals surface area (Å²) in [5, 5.41) is 29.7. The van der Waals surface area contributed by atoms with Gasteiger partial charge in [-0.3, -0.25) is 19.0 Å². The number of carbonyl (C=O) groups is 2. The van der Waals surface area contributed by atoms with E-state index < -0.39 is 23.0 Å². The molecule has 0 atom stereocenters. The third kappa shape index (κ3) is 6.63. The number of nitrogens with two attached hydrogens (primary N) is 2. The number of hydrogen-bond donors (Lipinski definition) is 7. The molecular formula is C39H38N14O4. The smallest absolute Gasteiger partial charge is 0.279 e. The molecule has 0 aliphatic rings. The predicted octanol–water partition coefficient (Wildman–Crippen LogP) is 3.64. The number of benzene rings is 1. The number of nitrogens with zero attached hydrogens (tertiary/aromatic N) is 8. The van der Waals surface area contributed by atoms with Crippen LogP contribution < -0.4 is 33.0 Å². The minimum atomic E-state index is -1.21. The number of nitrogens with one attached hydrogen (secondary N) is 4. The number of fused-ring (bicyclic) bond motifs is 3. The first kappa shape index (κ1) is 36.4. The van der Waals surface area contributed by atoms with E-state index in [9.17, 15) is 19.5 Å². The molecule has 18 heteroatoms. The van der Waals surface area contributed by atoms with Crippen molar-refractivity contribution in [1.82, 2.24) is 43.7 Å². The van der Waals surface area contributed by atoms with E-state index in [2.05, 4.69) is 53.2 Å². The largest absolute Gasteiger partial charge is 0.384 e. The zero-order valence-electron chi connectivity index (χ0n) is 31.3. The fourth-order valence-electron chi connectivity index (χ4n) is 6.76. The van der Waals surface area contributed by atoms with E-state index in [-0.39, 0.29) is 28.3 Å². The van der Waals surface area contributed by atoms with Crippen LogP contribution in [0.4, 0.5) is 23.1 Å². The summed E-state index contributed by atoms with van der Waals surface area (Å²) in [7, 11) is 1.76. The van der Waals surface area contributed by atoms with Gasteiger partial charge in [0.1, 0.15) is 45.7 Å². The third-order valence-electron chi connectivity index (χ3n) is 9.59. The predicted molar refractivity (Wildman–Crippen MR) is 215 cm³/mol. The maximum atomic E-state index is 13.7. The molecular weight excluding hydrogens is 729 g/mol. The zero-order chi connectivity index (χ0) is 40.2. The lowest BCUT2D eigenvalue weighted by molar-refractivity contribution is 0.0738. The summed E-state index contributed by atoms with van der Waals surface area (Å²) in [6.07, 6.45) is 6.81. The lowest BCUT2D eigenvalue weighted by atomic mass is 10.0. The summed E-state index contributed by atoms with van der Waals surface area (Å²) in [5.41, 5.74) is 15.6. The molecule has 0 fully saturated rings. The normalized spacial score (nSPS) is 11.7. The molecule has 9 N–H and O–H groups in total. The quantitative estimate of drug-likeness (QED) is 0.0941. The van der Waals surface area contributed by atoms with Gasteiger partial charge in [0.25, 0.3) is 17.4 Å². The summed E-state index contributed by atoms with van der Waals surface area (Å²) in [4.78, 5) is 55.4. The molecule has 7 aromatic heterocycles. The highest BCUT2D eigenvalue weighted by atomic mass is 16.3. The second-order valence-electron chi connectivity index (χ2n) is 14.0. The Bertz CT molecular complexity index is 2950. The molecule has 0 saturated heterocycles. The SMILES string of the molecule is CNc1cc(-c2c[nH]c3c(C)cc(CCNc4cc(Nc5cccn(-c6cccc(C(C)(C)O)n6)c5=O)nc5c(C(N)=O)cnn45)cc23)nc2c(C(N)=O)cnn12. The lowest BCUT2D eigenvalue weighted by Crippen LogP contribution is -2.23. The van der Waals surface area contributed by atoms with Gasteiger partial charge in [-0.05, 0) is 68.7 Å². The molecule has 8 aromatic rings. The Kier molecular flexibility index (Phi) is 8.88. The highest BCUT2D eigenvalue weighted by Crippen LogP contribution is 2.33. The molecule has 8 rings (SSSR count). The Morgan fingerprint density at radius 3 is 2.33 bits per heavy atom. The fraction of sp³-hybridized carbons (Fsp3) is 0.179. The molecule has 0 aliphatic heterocycles. The van der Waals surface area contributed by atoms with Crippen molar-refractivity contribution in [3.05, 3.63) is 118 Å². The number of aliphatic hydroxyl groups is 1. The van der Waals surface area contributed by atoms with E-state index in [4.69, 9.17) is 16.5 Å². The van der Waals surface area contributed by atoms with Crippen molar-refractivity contribution in [1.29, 1.82) is 0 Å². The van der Waals surface area contributed by atoms with Gasteiger partial charge in [-0.15, -0.1) is 0 Å². The molecule has 288 valence electrons. The van der Waals surface area contributed by atoms with Gasteiger partial charge < -0.3 is 37.5 Å². The molecule has 0 saturated carbocycles. The Morgan fingerprint density at radius 1 is 0.912 bits per heavy atom. The third-order valence-corrected chi connectivity index (χ3v) is 9.59. The summed E-state index contributed by atoms with van der Waals surface area (Å²) in [6, 6.07) is 16.1. The first-order chi connectivity index (χ1) is 27.3. The zero-order valence-corrected chi connectivity index (χ0v) is 31.3. The number of aryl methyl sites for hydroxylation is 1. The van der Waals surface area contributed by atoms with Crippen molar-refractivity contribution in [3.63, 3.8) is 0 Å². The maximum absolute atomic E-state index is 13.7. The second kappa shape index (κ2) is 13.9. The van der Waals surface area contributed by atoms with Crippen LogP contribution in [0.1, 0.15) is 51.4 Å². The van der Waals surface area contributed by atoms with Crippen LogP contribution in [0.15, 0.2) is 84.2 Å². The fourth-order valence-corrected chi connectivity index (χ4v) is 6.76. The minimum absolute atomic E-state index is 0.105. The summed E-state index contributed by atoms with van der Waals surface area (Å²) in [5.74, 6) is 0.393. The minimum Gasteiger partial charge on any atom is -0.384 e. The van der Waals surface area contributed by atoms with E-state index in [0.29, 0.717) is 47.5 Å². The summed E-state index contributed by atoms with van der Waals surface area (Å²) in [6.45, 7) is 5.71. The van der Waals surface area contributed by atoms with Crippen LogP contribution in [0.25, 0.3) is 39.3 Å². The van der Waals surface area contributed by atoms with Crippen molar-refractivity contribution in [2.75, 3.05) is 29.5 Å². The average Bonchev–Trinajstić information content (AvgIpc) is 3.92. The van der Waals surface area contributed by atoms with Gasteiger partial charge in [-0.1, -0.05) is 12.1 Å².